The largest absolute Gasteiger partial charge is 0.460 e. The van der Waals surface area contributed by atoms with E-state index in [1.807, 2.05) is 0 Å². The van der Waals surface area contributed by atoms with Gasteiger partial charge in [-0.3, -0.25) is 4.79 Å². The monoisotopic (exact) mass is 402 g/mol. The Balaban J connectivity index is 2.15. The SMILES string of the molecule is CC(=O)NCCOC(=O)c1ccc(Cl)c(S(=O)(=O)N2CCCCCC2)c1. The maximum Gasteiger partial charge on any atom is 0.338 e. The molecule has 0 atom stereocenters. The number of ether oxygens (including phenoxy) is 1. The summed E-state index contributed by atoms with van der Waals surface area (Å²) in [5.41, 5.74) is 0.102. The van der Waals surface area contributed by atoms with Gasteiger partial charge in [0, 0.05) is 20.0 Å². The van der Waals surface area contributed by atoms with Crippen LogP contribution in [0.3, 0.4) is 0 Å². The minimum atomic E-state index is -3.77. The van der Waals surface area contributed by atoms with Gasteiger partial charge in [-0.05, 0) is 31.0 Å². The van der Waals surface area contributed by atoms with Crippen LogP contribution in [0, 0.1) is 0 Å². The van der Waals surface area contributed by atoms with Crippen LogP contribution in [0.4, 0.5) is 0 Å². The standard InChI is InChI=1S/C17H23ClN2O5S/c1-13(21)19-8-11-25-17(22)14-6-7-15(18)16(12-14)26(23,24)20-9-4-2-3-5-10-20/h6-7,12H,2-5,8-11H2,1H3,(H,19,21). The number of carbonyl (C=O) groups excluding carboxylic acids is 2. The zero-order chi connectivity index (χ0) is 19.2. The number of rotatable bonds is 6. The van der Waals surface area contributed by atoms with Gasteiger partial charge in [0.05, 0.1) is 17.1 Å². The molecule has 0 spiro atoms. The molecule has 0 unspecified atom stereocenters. The lowest BCUT2D eigenvalue weighted by atomic mass is 10.2. The van der Waals surface area contributed by atoms with E-state index in [0.29, 0.717) is 13.1 Å². The molecule has 0 aliphatic carbocycles. The Kier molecular flexibility index (Phi) is 7.43. The van der Waals surface area contributed by atoms with Crippen LogP contribution in [-0.4, -0.2) is 50.8 Å². The summed E-state index contributed by atoms with van der Waals surface area (Å²) in [6, 6.07) is 4.06. The number of nitrogens with one attached hydrogen (secondary N) is 1. The first-order valence-corrected chi connectivity index (χ1v) is 10.4. The fourth-order valence-corrected chi connectivity index (χ4v) is 4.72. The summed E-state index contributed by atoms with van der Waals surface area (Å²) in [7, 11) is -3.77. The number of hydrogen-bond acceptors (Lipinski definition) is 5. The number of amides is 1. The van der Waals surface area contributed by atoms with Crippen LogP contribution < -0.4 is 5.32 Å². The van der Waals surface area contributed by atoms with Gasteiger partial charge in [0.2, 0.25) is 15.9 Å². The van der Waals surface area contributed by atoms with Gasteiger partial charge < -0.3 is 10.1 Å². The van der Waals surface area contributed by atoms with E-state index in [1.165, 1.54) is 29.4 Å². The average molecular weight is 403 g/mol. The number of esters is 1. The summed E-state index contributed by atoms with van der Waals surface area (Å²) in [6.45, 7) is 2.44. The topological polar surface area (TPSA) is 92.8 Å². The zero-order valence-corrected chi connectivity index (χ0v) is 16.2. The van der Waals surface area contributed by atoms with Crippen molar-refractivity contribution in [3.63, 3.8) is 0 Å². The van der Waals surface area contributed by atoms with Crippen LogP contribution in [0.15, 0.2) is 23.1 Å². The maximum absolute atomic E-state index is 12.9. The van der Waals surface area contributed by atoms with Crippen LogP contribution in [0.5, 0.6) is 0 Å². The molecule has 0 saturated carbocycles. The summed E-state index contributed by atoms with van der Waals surface area (Å²) in [4.78, 5) is 22.8. The second kappa shape index (κ2) is 9.34. The van der Waals surface area contributed by atoms with Crippen molar-refractivity contribution < 1.29 is 22.7 Å². The molecule has 1 amide bonds. The fourth-order valence-electron chi connectivity index (χ4n) is 2.70. The van der Waals surface area contributed by atoms with Crippen molar-refractivity contribution in [2.24, 2.45) is 0 Å². The summed E-state index contributed by atoms with van der Waals surface area (Å²) < 4.78 is 32.3. The zero-order valence-electron chi connectivity index (χ0n) is 14.7. The first-order chi connectivity index (χ1) is 12.3. The van der Waals surface area contributed by atoms with Crippen molar-refractivity contribution in [1.82, 2.24) is 9.62 Å². The van der Waals surface area contributed by atoms with Gasteiger partial charge in [0.1, 0.15) is 11.5 Å². The Labute approximate surface area is 158 Å². The average Bonchev–Trinajstić information content (AvgIpc) is 2.88. The Hall–Kier alpha value is -1.64. The molecule has 7 nitrogen and oxygen atoms in total. The highest BCUT2D eigenvalue weighted by atomic mass is 35.5. The van der Waals surface area contributed by atoms with Crippen LogP contribution in [0.2, 0.25) is 5.02 Å². The van der Waals surface area contributed by atoms with Crippen molar-refractivity contribution in [1.29, 1.82) is 0 Å². The predicted molar refractivity (Wildman–Crippen MR) is 97.6 cm³/mol. The maximum atomic E-state index is 12.9. The lowest BCUT2D eigenvalue weighted by Gasteiger charge is -2.21. The van der Waals surface area contributed by atoms with Crippen LogP contribution in [-0.2, 0) is 19.6 Å². The molecule has 1 aliphatic rings. The van der Waals surface area contributed by atoms with Crippen LogP contribution in [0.25, 0.3) is 0 Å². The molecule has 0 radical (unpaired) electrons. The number of benzene rings is 1. The molecule has 1 aromatic carbocycles. The fraction of sp³-hybridized carbons (Fsp3) is 0.529. The minimum Gasteiger partial charge on any atom is -0.460 e. The summed E-state index contributed by atoms with van der Waals surface area (Å²) in [6.07, 6.45) is 3.62. The Bertz CT molecular complexity index is 758. The van der Waals surface area contributed by atoms with Gasteiger partial charge in [-0.2, -0.15) is 4.31 Å². The molecule has 9 heteroatoms. The second-order valence-corrected chi connectivity index (χ2v) is 8.40. The lowest BCUT2D eigenvalue weighted by molar-refractivity contribution is -0.119. The molecular weight excluding hydrogens is 380 g/mol. The van der Waals surface area contributed by atoms with Crippen molar-refractivity contribution in [3.8, 4) is 0 Å². The molecule has 144 valence electrons. The summed E-state index contributed by atoms with van der Waals surface area (Å²) in [5.74, 6) is -0.891. The van der Waals surface area contributed by atoms with Crippen molar-refractivity contribution in [3.05, 3.63) is 28.8 Å². The van der Waals surface area contributed by atoms with Gasteiger partial charge in [0.15, 0.2) is 0 Å². The Morgan fingerprint density at radius 1 is 1.19 bits per heavy atom. The molecule has 26 heavy (non-hydrogen) atoms. The molecular formula is C17H23ClN2O5S. The third-order valence-electron chi connectivity index (χ3n) is 4.06. The summed E-state index contributed by atoms with van der Waals surface area (Å²) in [5, 5.41) is 2.58. The molecule has 2 rings (SSSR count). The number of hydrogen-bond donors (Lipinski definition) is 1. The smallest absolute Gasteiger partial charge is 0.338 e. The number of halogens is 1. The van der Waals surface area contributed by atoms with E-state index in [9.17, 15) is 18.0 Å². The van der Waals surface area contributed by atoms with Crippen molar-refractivity contribution >= 4 is 33.5 Å². The van der Waals surface area contributed by atoms with E-state index < -0.39 is 16.0 Å². The van der Waals surface area contributed by atoms with Gasteiger partial charge in [-0.25, -0.2) is 13.2 Å². The molecule has 1 saturated heterocycles. The minimum absolute atomic E-state index is 0.00471. The molecule has 1 N–H and O–H groups in total. The van der Waals surface area contributed by atoms with E-state index in [2.05, 4.69) is 5.32 Å². The number of nitrogens with zero attached hydrogens (tertiary/aromatic N) is 1. The molecule has 1 aromatic rings. The Morgan fingerprint density at radius 2 is 1.85 bits per heavy atom. The van der Waals surface area contributed by atoms with Gasteiger partial charge in [0.25, 0.3) is 0 Å². The summed E-state index contributed by atoms with van der Waals surface area (Å²) >= 11 is 6.10. The quantitative estimate of drug-likeness (QED) is 0.581. The molecule has 0 bridgehead atoms. The number of carbonyl (C=O) groups is 2. The van der Waals surface area contributed by atoms with E-state index in [-0.39, 0.29) is 34.5 Å². The predicted octanol–water partition coefficient (Wildman–Crippen LogP) is 2.20. The molecule has 1 aliphatic heterocycles. The van der Waals surface area contributed by atoms with Gasteiger partial charge >= 0.3 is 5.97 Å². The van der Waals surface area contributed by atoms with Gasteiger partial charge in [-0.1, -0.05) is 24.4 Å². The Morgan fingerprint density at radius 3 is 2.46 bits per heavy atom. The van der Waals surface area contributed by atoms with E-state index in [0.717, 1.165) is 25.7 Å². The number of sulfonamides is 1. The normalized spacial score (nSPS) is 15.9. The third-order valence-corrected chi connectivity index (χ3v) is 6.44. The molecule has 1 heterocycles. The highest BCUT2D eigenvalue weighted by Crippen LogP contribution is 2.27. The van der Waals surface area contributed by atoms with Crippen LogP contribution >= 0.6 is 11.6 Å². The first kappa shape index (κ1) is 20.7. The van der Waals surface area contributed by atoms with E-state index in [1.54, 1.807) is 0 Å². The third kappa shape index (κ3) is 5.43. The van der Waals surface area contributed by atoms with E-state index in [4.69, 9.17) is 16.3 Å². The van der Waals surface area contributed by atoms with Crippen molar-refractivity contribution in [2.75, 3.05) is 26.2 Å². The molecule has 1 fully saturated rings. The van der Waals surface area contributed by atoms with Crippen molar-refractivity contribution in [2.45, 2.75) is 37.5 Å². The molecule has 0 aromatic heterocycles. The highest BCUT2D eigenvalue weighted by Gasteiger charge is 2.28. The lowest BCUT2D eigenvalue weighted by Crippen LogP contribution is -2.32. The van der Waals surface area contributed by atoms with Gasteiger partial charge in [-0.15, -0.1) is 0 Å². The van der Waals surface area contributed by atoms with E-state index >= 15 is 0 Å². The second-order valence-electron chi connectivity index (χ2n) is 6.08. The van der Waals surface area contributed by atoms with Crippen LogP contribution in [0.1, 0.15) is 43.0 Å². The highest BCUT2D eigenvalue weighted by molar-refractivity contribution is 7.89. The first-order valence-electron chi connectivity index (χ1n) is 8.53.